The number of imidazole rings is 1. The van der Waals surface area contributed by atoms with Crippen molar-refractivity contribution in [2.75, 3.05) is 6.54 Å². The van der Waals surface area contributed by atoms with Crippen LogP contribution in [0.4, 0.5) is 0 Å². The van der Waals surface area contributed by atoms with E-state index in [9.17, 15) is 4.79 Å². The molecule has 0 aliphatic carbocycles. The third-order valence-electron chi connectivity index (χ3n) is 4.35. The fourth-order valence-electron chi connectivity index (χ4n) is 3.18. The molecule has 0 atom stereocenters. The van der Waals surface area contributed by atoms with E-state index in [1.54, 1.807) is 0 Å². The van der Waals surface area contributed by atoms with Gasteiger partial charge in [-0.2, -0.15) is 0 Å². The summed E-state index contributed by atoms with van der Waals surface area (Å²) in [5, 5.41) is 0.454. The van der Waals surface area contributed by atoms with Crippen molar-refractivity contribution in [3.05, 3.63) is 64.9 Å². The number of hydrogen-bond donors (Lipinski definition) is 0. The van der Waals surface area contributed by atoms with E-state index in [1.165, 1.54) is 0 Å². The minimum atomic E-state index is 0.0200. The molecule has 0 N–H and O–H groups in total. The van der Waals surface area contributed by atoms with Gasteiger partial charge in [0.25, 0.3) is 5.91 Å². The summed E-state index contributed by atoms with van der Waals surface area (Å²) in [4.78, 5) is 19.4. The molecule has 0 fully saturated rings. The molecule has 136 valence electrons. The van der Waals surface area contributed by atoms with Gasteiger partial charge in [0.15, 0.2) is 0 Å². The number of hydrogen-bond acceptors (Lipinski definition) is 2. The molecule has 0 radical (unpaired) electrons. The first-order valence-electron chi connectivity index (χ1n) is 8.98. The average molecular weight is 370 g/mol. The van der Waals surface area contributed by atoms with Crippen LogP contribution >= 0.6 is 11.6 Å². The molecule has 0 bridgehead atoms. The highest BCUT2D eigenvalue weighted by Crippen LogP contribution is 2.22. The summed E-state index contributed by atoms with van der Waals surface area (Å²) in [6.07, 6.45) is 0. The summed E-state index contributed by atoms with van der Waals surface area (Å²) in [5.41, 5.74) is 3.48. The predicted octanol–water partition coefficient (Wildman–Crippen LogP) is 5.01. The number of fused-ring (bicyclic) bond motifs is 1. The molecule has 0 aliphatic heterocycles. The Morgan fingerprint density at radius 3 is 2.58 bits per heavy atom. The maximum Gasteiger partial charge on any atom is 0.254 e. The summed E-state index contributed by atoms with van der Waals surface area (Å²) >= 11 is 6.19. The molecule has 0 saturated carbocycles. The maximum atomic E-state index is 13.1. The maximum absolute atomic E-state index is 13.1. The van der Waals surface area contributed by atoms with Gasteiger partial charge in [-0.25, -0.2) is 4.98 Å². The monoisotopic (exact) mass is 369 g/mol. The molecule has 2 aromatic carbocycles. The second-order valence-electron chi connectivity index (χ2n) is 6.89. The number of rotatable bonds is 6. The Labute approximate surface area is 159 Å². The van der Waals surface area contributed by atoms with Gasteiger partial charge in [0, 0.05) is 25.2 Å². The highest BCUT2D eigenvalue weighted by molar-refractivity contribution is 6.29. The second kappa shape index (κ2) is 7.92. The molecule has 1 aromatic heterocycles. The van der Waals surface area contributed by atoms with Crippen LogP contribution in [0, 0.1) is 5.92 Å². The van der Waals surface area contributed by atoms with E-state index in [4.69, 9.17) is 11.6 Å². The molecule has 0 spiro atoms. The van der Waals surface area contributed by atoms with Gasteiger partial charge in [-0.05, 0) is 48.2 Å². The normalized spacial score (nSPS) is 11.3. The Balaban J connectivity index is 1.91. The van der Waals surface area contributed by atoms with Crippen LogP contribution in [-0.4, -0.2) is 26.9 Å². The standard InChI is InChI=1S/C21H24ClN3O/c1-4-25-19-11-10-17(12-18(19)23-21(25)22)20(26)24(13-15(2)3)14-16-8-6-5-7-9-16/h5-12,15H,4,13-14H2,1-3H3. The van der Waals surface area contributed by atoms with E-state index in [2.05, 4.69) is 18.8 Å². The van der Waals surface area contributed by atoms with Crippen molar-refractivity contribution in [3.63, 3.8) is 0 Å². The Kier molecular flexibility index (Phi) is 5.62. The SMILES string of the molecule is CCn1c(Cl)nc2cc(C(=O)N(Cc3ccccc3)CC(C)C)ccc21. The summed E-state index contributed by atoms with van der Waals surface area (Å²) in [6, 6.07) is 15.7. The van der Waals surface area contributed by atoms with Gasteiger partial charge in [-0.3, -0.25) is 4.79 Å². The summed E-state index contributed by atoms with van der Waals surface area (Å²) in [7, 11) is 0. The predicted molar refractivity (Wildman–Crippen MR) is 106 cm³/mol. The van der Waals surface area contributed by atoms with Crippen molar-refractivity contribution < 1.29 is 4.79 Å². The van der Waals surface area contributed by atoms with Gasteiger partial charge in [-0.1, -0.05) is 44.2 Å². The van der Waals surface area contributed by atoms with Crippen molar-refractivity contribution in [3.8, 4) is 0 Å². The number of carbonyl (C=O) groups excluding carboxylic acids is 1. The third kappa shape index (κ3) is 3.91. The number of aromatic nitrogens is 2. The molecule has 0 unspecified atom stereocenters. The van der Waals surface area contributed by atoms with E-state index in [0.717, 1.165) is 23.1 Å². The van der Waals surface area contributed by atoms with Crippen molar-refractivity contribution in [1.82, 2.24) is 14.5 Å². The lowest BCUT2D eigenvalue weighted by atomic mass is 10.1. The van der Waals surface area contributed by atoms with Crippen LogP contribution in [0.15, 0.2) is 48.5 Å². The largest absolute Gasteiger partial charge is 0.334 e. The molecule has 3 aromatic rings. The molecule has 3 rings (SSSR count). The van der Waals surface area contributed by atoms with E-state index in [-0.39, 0.29) is 5.91 Å². The van der Waals surface area contributed by atoms with Crippen LogP contribution in [0.3, 0.4) is 0 Å². The van der Waals surface area contributed by atoms with E-state index >= 15 is 0 Å². The third-order valence-corrected chi connectivity index (χ3v) is 4.64. The Bertz CT molecular complexity index is 902. The number of nitrogens with zero attached hydrogens (tertiary/aromatic N) is 3. The smallest absolute Gasteiger partial charge is 0.254 e. The first kappa shape index (κ1) is 18.5. The molecule has 1 amide bonds. The second-order valence-corrected chi connectivity index (χ2v) is 7.23. The lowest BCUT2D eigenvalue weighted by molar-refractivity contribution is 0.0723. The zero-order valence-electron chi connectivity index (χ0n) is 15.4. The van der Waals surface area contributed by atoms with Gasteiger partial charge in [0.2, 0.25) is 5.28 Å². The van der Waals surface area contributed by atoms with Crippen molar-refractivity contribution in [2.24, 2.45) is 5.92 Å². The van der Waals surface area contributed by atoms with Crippen LogP contribution < -0.4 is 0 Å². The average Bonchev–Trinajstić information content (AvgIpc) is 2.95. The minimum Gasteiger partial charge on any atom is -0.334 e. The fourth-order valence-corrected chi connectivity index (χ4v) is 3.48. The molecule has 1 heterocycles. The lowest BCUT2D eigenvalue weighted by Crippen LogP contribution is -2.33. The first-order chi connectivity index (χ1) is 12.5. The number of halogens is 1. The Morgan fingerprint density at radius 1 is 1.19 bits per heavy atom. The molecule has 5 heteroatoms. The van der Waals surface area contributed by atoms with Gasteiger partial charge < -0.3 is 9.47 Å². The number of benzene rings is 2. The number of amides is 1. The highest BCUT2D eigenvalue weighted by Gasteiger charge is 2.19. The number of aryl methyl sites for hydroxylation is 1. The first-order valence-corrected chi connectivity index (χ1v) is 9.36. The van der Waals surface area contributed by atoms with Crippen molar-refractivity contribution in [2.45, 2.75) is 33.9 Å². The van der Waals surface area contributed by atoms with Crippen molar-refractivity contribution in [1.29, 1.82) is 0 Å². The van der Waals surface area contributed by atoms with E-state index < -0.39 is 0 Å². The topological polar surface area (TPSA) is 38.1 Å². The van der Waals surface area contributed by atoms with Gasteiger partial charge in [0.1, 0.15) is 0 Å². The summed E-state index contributed by atoms with van der Waals surface area (Å²) in [6.45, 7) is 8.32. The number of carbonyl (C=O) groups is 1. The highest BCUT2D eigenvalue weighted by atomic mass is 35.5. The molecular weight excluding hydrogens is 346 g/mol. The van der Waals surface area contributed by atoms with Gasteiger partial charge in [-0.15, -0.1) is 0 Å². The van der Waals surface area contributed by atoms with E-state index in [0.29, 0.717) is 29.9 Å². The van der Waals surface area contributed by atoms with Crippen LogP contribution in [0.2, 0.25) is 5.28 Å². The van der Waals surface area contributed by atoms with Crippen LogP contribution in [-0.2, 0) is 13.1 Å². The summed E-state index contributed by atoms with van der Waals surface area (Å²) < 4.78 is 1.93. The molecule has 0 saturated heterocycles. The molecule has 0 aliphatic rings. The van der Waals surface area contributed by atoms with Crippen LogP contribution in [0.5, 0.6) is 0 Å². The zero-order valence-corrected chi connectivity index (χ0v) is 16.2. The Hall–Kier alpha value is -2.33. The quantitative estimate of drug-likeness (QED) is 0.612. The summed E-state index contributed by atoms with van der Waals surface area (Å²) in [5.74, 6) is 0.409. The minimum absolute atomic E-state index is 0.0200. The fraction of sp³-hybridized carbons (Fsp3) is 0.333. The van der Waals surface area contributed by atoms with E-state index in [1.807, 2.05) is 64.9 Å². The molecule has 26 heavy (non-hydrogen) atoms. The lowest BCUT2D eigenvalue weighted by Gasteiger charge is -2.25. The van der Waals surface area contributed by atoms with Crippen LogP contribution in [0.25, 0.3) is 11.0 Å². The molecule has 4 nitrogen and oxygen atoms in total. The zero-order chi connectivity index (χ0) is 18.7. The molecular formula is C21H24ClN3O. The van der Waals surface area contributed by atoms with Gasteiger partial charge >= 0.3 is 0 Å². The Morgan fingerprint density at radius 2 is 1.92 bits per heavy atom. The van der Waals surface area contributed by atoms with Gasteiger partial charge in [0.05, 0.1) is 11.0 Å². The van der Waals surface area contributed by atoms with Crippen LogP contribution in [0.1, 0.15) is 36.7 Å². The van der Waals surface area contributed by atoms with Crippen molar-refractivity contribution >= 4 is 28.5 Å².